The van der Waals surface area contributed by atoms with Gasteiger partial charge in [-0.3, -0.25) is 71.3 Å². The molecule has 6 atom stereocenters. The molecular weight excluding hydrogens is 865 g/mol. The summed E-state index contributed by atoms with van der Waals surface area (Å²) in [7, 11) is 0. The minimum atomic E-state index is -1.29. The zero-order valence-corrected chi connectivity index (χ0v) is 37.9. The Morgan fingerprint density at radius 3 is 1.82 bits per heavy atom. The molecule has 0 aliphatic carbocycles. The van der Waals surface area contributed by atoms with E-state index >= 15 is 0 Å². The minimum Gasteiger partial charge on any atom is -0.358 e. The second-order valence-electron chi connectivity index (χ2n) is 15.5. The van der Waals surface area contributed by atoms with Crippen molar-refractivity contribution in [1.29, 1.82) is 0 Å². The van der Waals surface area contributed by atoms with Gasteiger partial charge in [0, 0.05) is 31.8 Å². The third kappa shape index (κ3) is 26.0. The van der Waals surface area contributed by atoms with E-state index in [9.17, 15) is 43.2 Å². The number of aromatic amines is 1. The van der Waals surface area contributed by atoms with E-state index in [-0.39, 0.29) is 63.0 Å². The molecular formula is C39H73N18O9+3. The molecule has 0 saturated carbocycles. The first-order valence-electron chi connectivity index (χ1n) is 21.9. The molecule has 0 spiro atoms. The summed E-state index contributed by atoms with van der Waals surface area (Å²) in [5.74, 6) is -5.32. The molecule has 0 radical (unpaired) electrons. The van der Waals surface area contributed by atoms with Crippen molar-refractivity contribution in [1.82, 2.24) is 52.5 Å². The number of aldehydes is 1. The number of rotatable bonds is 34. The highest BCUT2D eigenvalue weighted by Gasteiger charge is 2.31. The largest absolute Gasteiger partial charge is 0.358 e. The molecule has 0 aromatic carbocycles. The topological polar surface area (TPSA) is 464 Å². The Balaban J connectivity index is 3.18. The number of quaternary nitrogens is 1. The molecule has 27 heteroatoms. The van der Waals surface area contributed by atoms with Crippen LogP contribution in [0.5, 0.6) is 0 Å². The number of nitrogens with two attached hydrogens (primary N) is 5. The Bertz CT molecular complexity index is 1770. The zero-order chi connectivity index (χ0) is 49.4. The standard InChI is InChI=1S/C39H70N18O9/c1-23(53-32(61)20-50-31(60)19-51-34(63)27(41)10-3-5-13-40)33(62)55-28(11-4-6-14-47-24(2)59)35(64)56-29(12-8-16-49-39(44)45)36(65)57-30(17-26-18-46-22-52-26)37(66)54-25(21-58)9-7-15-48-38(42)43/h18,21-23,25,27-30H,3-17,19-20,40-41H2,1-2H3,(H,46,52)(H,47,59)(H,50,60)(H,51,63)(H,53,61)(H,54,66)(H,55,62)(H,56,64)(H,57,65)(H4,42,43,48)(H4,44,45,49)/p+3/t23-,25-,27-,28-,29-,30-/m0/s1. The van der Waals surface area contributed by atoms with E-state index < -0.39 is 90.7 Å². The van der Waals surface area contributed by atoms with Crippen molar-refractivity contribution in [2.75, 3.05) is 39.3 Å². The lowest BCUT2D eigenvalue weighted by Crippen LogP contribution is -2.78. The number of hydrogen-bond donors (Lipinski definition) is 17. The number of carbonyl (C=O) groups excluding carboxylic acids is 9. The van der Waals surface area contributed by atoms with E-state index in [2.05, 4.69) is 68.2 Å². The third-order valence-corrected chi connectivity index (χ3v) is 9.67. The molecule has 0 bridgehead atoms. The maximum absolute atomic E-state index is 14.0. The fourth-order valence-corrected chi connectivity index (χ4v) is 6.06. The van der Waals surface area contributed by atoms with Gasteiger partial charge in [-0.05, 0) is 71.1 Å². The van der Waals surface area contributed by atoms with Gasteiger partial charge in [0.2, 0.25) is 47.3 Å². The average Bonchev–Trinajstić information content (AvgIpc) is 3.78. The normalized spacial score (nSPS) is 13.4. The maximum atomic E-state index is 14.0. The molecule has 370 valence electrons. The summed E-state index contributed by atoms with van der Waals surface area (Å²) in [5, 5.41) is 20.4. The van der Waals surface area contributed by atoms with Gasteiger partial charge in [0.25, 0.3) is 0 Å². The molecule has 1 heterocycles. The maximum Gasteiger partial charge on any atom is 0.338 e. The van der Waals surface area contributed by atoms with E-state index in [0.29, 0.717) is 57.2 Å². The predicted octanol–water partition coefficient (Wildman–Crippen LogP) is -10.9. The summed E-state index contributed by atoms with van der Waals surface area (Å²) in [6.45, 7) is 3.26. The van der Waals surface area contributed by atoms with E-state index in [1.165, 1.54) is 26.4 Å². The van der Waals surface area contributed by atoms with E-state index in [1.54, 1.807) is 0 Å². The summed E-state index contributed by atoms with van der Waals surface area (Å²) < 4.78 is 0. The van der Waals surface area contributed by atoms with Gasteiger partial charge >= 0.3 is 11.9 Å². The quantitative estimate of drug-likeness (QED) is 0.0132. The Labute approximate surface area is 383 Å². The highest BCUT2D eigenvalue weighted by atomic mass is 16.2. The highest BCUT2D eigenvalue weighted by molar-refractivity contribution is 5.96. The fraction of sp³-hybridized carbons (Fsp3) is 0.641. The monoisotopic (exact) mass is 938 g/mol. The predicted molar refractivity (Wildman–Crippen MR) is 239 cm³/mol. The summed E-state index contributed by atoms with van der Waals surface area (Å²) in [4.78, 5) is 128. The van der Waals surface area contributed by atoms with Gasteiger partial charge in [0.05, 0.1) is 51.1 Å². The summed E-state index contributed by atoms with van der Waals surface area (Å²) in [6, 6.07) is -6.76. The number of nitrogens with one attached hydrogen (secondary N) is 11. The molecule has 8 amide bonds. The molecule has 66 heavy (non-hydrogen) atoms. The molecule has 0 fully saturated rings. The highest BCUT2D eigenvalue weighted by Crippen LogP contribution is 2.07. The van der Waals surface area contributed by atoms with Gasteiger partial charge in [-0.25, -0.2) is 4.98 Å². The third-order valence-electron chi connectivity index (χ3n) is 9.67. The first-order valence-corrected chi connectivity index (χ1v) is 21.9. The van der Waals surface area contributed by atoms with Gasteiger partial charge in [0.1, 0.15) is 30.5 Å². The Hall–Kier alpha value is -6.90. The van der Waals surface area contributed by atoms with Crippen LogP contribution in [0.15, 0.2) is 12.5 Å². The van der Waals surface area contributed by atoms with Crippen LogP contribution in [0.2, 0.25) is 0 Å². The van der Waals surface area contributed by atoms with Crippen molar-refractivity contribution in [3.63, 3.8) is 0 Å². The summed E-state index contributed by atoms with van der Waals surface area (Å²) >= 11 is 0. The number of imidazole rings is 1. The molecule has 1 aromatic heterocycles. The zero-order valence-electron chi connectivity index (χ0n) is 37.9. The minimum absolute atomic E-state index is 0.00155. The van der Waals surface area contributed by atoms with Crippen molar-refractivity contribution in [3.05, 3.63) is 18.2 Å². The van der Waals surface area contributed by atoms with Crippen molar-refractivity contribution < 1.29 is 58.9 Å². The number of nitrogens with zero attached hydrogens (tertiary/aromatic N) is 1. The Kier molecular flexibility index (Phi) is 28.3. The first-order chi connectivity index (χ1) is 31.4. The van der Waals surface area contributed by atoms with Crippen LogP contribution >= 0.6 is 0 Å². The van der Waals surface area contributed by atoms with Crippen LogP contribution in [-0.4, -0.2) is 151 Å². The SMILES string of the molecule is CC(=O)NCCCC[C@H](NC(=O)[C@H](C)NC(=O)CNC(=O)CNC(=O)[C@@H](N)CCCC[NH3+])C(=O)N[C@@H](CCC[NH+]=C(N)N)C(=O)N[C@@H](Cc1cnc[nH]1)C(=O)N[C@H](C=O)CCC[NH+]=C(N)N. The van der Waals surface area contributed by atoms with Crippen molar-refractivity contribution in [2.45, 2.75) is 121 Å². The molecule has 1 aromatic rings. The van der Waals surface area contributed by atoms with Crippen LogP contribution in [0.4, 0.5) is 0 Å². The van der Waals surface area contributed by atoms with Crippen LogP contribution in [0.3, 0.4) is 0 Å². The Morgan fingerprint density at radius 2 is 1.24 bits per heavy atom. The van der Waals surface area contributed by atoms with Crippen molar-refractivity contribution >= 4 is 65.5 Å². The van der Waals surface area contributed by atoms with Gasteiger partial charge in [-0.15, -0.1) is 0 Å². The van der Waals surface area contributed by atoms with E-state index in [1.807, 2.05) is 0 Å². The fourth-order valence-electron chi connectivity index (χ4n) is 6.06. The molecule has 27 nitrogen and oxygen atoms in total. The van der Waals surface area contributed by atoms with Crippen LogP contribution < -0.4 is 86.9 Å². The summed E-state index contributed by atoms with van der Waals surface area (Å²) in [6.07, 6.45) is 6.91. The molecule has 1 rings (SSSR count). The van der Waals surface area contributed by atoms with Crippen LogP contribution in [-0.2, 0) is 49.6 Å². The Morgan fingerprint density at radius 1 is 0.682 bits per heavy atom. The smallest absolute Gasteiger partial charge is 0.338 e. The van der Waals surface area contributed by atoms with Crippen LogP contribution in [0, 0.1) is 0 Å². The number of unbranched alkanes of at least 4 members (excludes halogenated alkanes) is 2. The first kappa shape index (κ1) is 57.1. The second kappa shape index (κ2) is 32.7. The van der Waals surface area contributed by atoms with Gasteiger partial charge in [0.15, 0.2) is 0 Å². The molecule has 0 aliphatic rings. The molecule has 0 saturated heterocycles. The van der Waals surface area contributed by atoms with Crippen LogP contribution in [0.25, 0.3) is 0 Å². The average molecular weight is 938 g/mol. The van der Waals surface area contributed by atoms with Gasteiger partial charge in [-0.2, -0.15) is 0 Å². The number of guanidine groups is 2. The second-order valence-corrected chi connectivity index (χ2v) is 15.5. The number of hydrogen-bond acceptors (Lipinski definition) is 11. The van der Waals surface area contributed by atoms with E-state index in [0.717, 1.165) is 6.42 Å². The summed E-state index contributed by atoms with van der Waals surface area (Å²) in [5.41, 5.74) is 32.0. The number of H-pyrrole nitrogens is 1. The van der Waals surface area contributed by atoms with Gasteiger partial charge in [-0.1, -0.05) is 0 Å². The van der Waals surface area contributed by atoms with Crippen molar-refractivity contribution in [2.24, 2.45) is 28.7 Å². The number of aromatic nitrogens is 2. The van der Waals surface area contributed by atoms with Gasteiger partial charge < -0.3 is 63.8 Å². The lowest BCUT2D eigenvalue weighted by Gasteiger charge is -2.26. The number of amides is 8. The lowest BCUT2D eigenvalue weighted by molar-refractivity contribution is -0.460. The molecule has 24 N–H and O–H groups in total. The van der Waals surface area contributed by atoms with Crippen LogP contribution in [0.1, 0.15) is 83.7 Å². The number of carbonyl (C=O) groups is 9. The lowest BCUT2D eigenvalue weighted by atomic mass is 10.0. The molecule has 0 unspecified atom stereocenters. The molecule has 0 aliphatic heterocycles. The van der Waals surface area contributed by atoms with E-state index in [4.69, 9.17) is 28.7 Å². The van der Waals surface area contributed by atoms with Crippen molar-refractivity contribution in [3.8, 4) is 0 Å².